The molecule has 0 spiro atoms. The summed E-state index contributed by atoms with van der Waals surface area (Å²) < 4.78 is 1.21. The lowest BCUT2D eigenvalue weighted by atomic mass is 10.0. The van der Waals surface area contributed by atoms with Crippen molar-refractivity contribution in [3.8, 4) is 0 Å². The molecule has 2 nitrogen and oxygen atoms in total. The van der Waals surface area contributed by atoms with Gasteiger partial charge in [-0.25, -0.2) is 0 Å². The monoisotopic (exact) mass is 318 g/mol. The van der Waals surface area contributed by atoms with Crippen LogP contribution in [0.25, 0.3) is 0 Å². The highest BCUT2D eigenvalue weighted by Gasteiger charge is 2.12. The van der Waals surface area contributed by atoms with Crippen molar-refractivity contribution in [1.29, 1.82) is 0 Å². The average Bonchev–Trinajstić information content (AvgIpc) is 2.62. The molecule has 1 heterocycles. The van der Waals surface area contributed by atoms with Crippen molar-refractivity contribution in [3.05, 3.63) is 20.8 Å². The summed E-state index contributed by atoms with van der Waals surface area (Å²) in [4.78, 5) is 3.70. The largest absolute Gasteiger partial charge is 0.310 e. The maximum absolute atomic E-state index is 3.55. The van der Waals surface area contributed by atoms with E-state index in [1.54, 1.807) is 11.3 Å². The first kappa shape index (κ1) is 15.2. The van der Waals surface area contributed by atoms with E-state index >= 15 is 0 Å². The molecule has 17 heavy (non-hydrogen) atoms. The van der Waals surface area contributed by atoms with Gasteiger partial charge in [0.2, 0.25) is 0 Å². The van der Waals surface area contributed by atoms with Crippen molar-refractivity contribution < 1.29 is 0 Å². The van der Waals surface area contributed by atoms with Crippen LogP contribution in [-0.4, -0.2) is 31.6 Å². The smallest absolute Gasteiger partial charge is 0.0701 e. The van der Waals surface area contributed by atoms with E-state index in [1.807, 2.05) is 0 Å². The fourth-order valence-electron chi connectivity index (χ4n) is 1.83. The maximum Gasteiger partial charge on any atom is 0.0701 e. The zero-order valence-electron chi connectivity index (χ0n) is 11.2. The van der Waals surface area contributed by atoms with Gasteiger partial charge in [-0.15, -0.1) is 11.3 Å². The summed E-state index contributed by atoms with van der Waals surface area (Å²) in [7, 11) is 4.33. The van der Waals surface area contributed by atoms with Crippen molar-refractivity contribution in [2.24, 2.45) is 5.92 Å². The SMILES string of the molecule is CC(C)CC(CNCc1ccc(Br)s1)N(C)C. The zero-order chi connectivity index (χ0) is 12.8. The van der Waals surface area contributed by atoms with E-state index in [4.69, 9.17) is 0 Å². The lowest BCUT2D eigenvalue weighted by Crippen LogP contribution is -2.38. The highest BCUT2D eigenvalue weighted by atomic mass is 79.9. The zero-order valence-corrected chi connectivity index (χ0v) is 13.6. The van der Waals surface area contributed by atoms with Gasteiger partial charge in [0.05, 0.1) is 3.79 Å². The topological polar surface area (TPSA) is 15.3 Å². The summed E-state index contributed by atoms with van der Waals surface area (Å²) in [5, 5.41) is 3.55. The Labute approximate surface area is 118 Å². The lowest BCUT2D eigenvalue weighted by molar-refractivity contribution is 0.247. The molecule has 0 aliphatic rings. The van der Waals surface area contributed by atoms with E-state index in [0.29, 0.717) is 6.04 Å². The van der Waals surface area contributed by atoms with Gasteiger partial charge in [-0.2, -0.15) is 0 Å². The van der Waals surface area contributed by atoms with E-state index in [0.717, 1.165) is 19.0 Å². The molecular weight excluding hydrogens is 296 g/mol. The fourth-order valence-corrected chi connectivity index (χ4v) is 3.28. The molecule has 4 heteroatoms. The molecule has 0 saturated heterocycles. The van der Waals surface area contributed by atoms with Gasteiger partial charge < -0.3 is 10.2 Å². The van der Waals surface area contributed by atoms with E-state index < -0.39 is 0 Å². The minimum absolute atomic E-state index is 0.624. The van der Waals surface area contributed by atoms with E-state index in [2.05, 4.69) is 66.2 Å². The molecule has 0 aliphatic heterocycles. The third kappa shape index (κ3) is 6.00. The van der Waals surface area contributed by atoms with Gasteiger partial charge in [0, 0.05) is 24.0 Å². The standard InChI is InChI=1S/C13H23BrN2S/c1-10(2)7-11(16(3)4)8-15-9-12-5-6-13(14)17-12/h5-6,10-11,15H,7-9H2,1-4H3. The Hall–Kier alpha value is 0.1000. The Morgan fingerprint density at radius 2 is 2.06 bits per heavy atom. The molecule has 1 N–H and O–H groups in total. The van der Waals surface area contributed by atoms with Gasteiger partial charge in [0.1, 0.15) is 0 Å². The second-order valence-electron chi connectivity index (χ2n) is 5.08. The molecule has 0 amide bonds. The second kappa shape index (κ2) is 7.52. The Morgan fingerprint density at radius 1 is 1.35 bits per heavy atom. The summed E-state index contributed by atoms with van der Waals surface area (Å²) in [6.45, 7) is 6.60. The van der Waals surface area contributed by atoms with Crippen LogP contribution in [0.15, 0.2) is 15.9 Å². The van der Waals surface area contributed by atoms with Crippen molar-refractivity contribution in [2.75, 3.05) is 20.6 Å². The Kier molecular flexibility index (Phi) is 6.70. The summed E-state index contributed by atoms with van der Waals surface area (Å²) in [6.07, 6.45) is 1.24. The Bertz CT molecular complexity index is 323. The number of rotatable bonds is 7. The van der Waals surface area contributed by atoms with Crippen LogP contribution in [0.1, 0.15) is 25.1 Å². The third-order valence-electron chi connectivity index (χ3n) is 2.78. The molecule has 1 unspecified atom stereocenters. The van der Waals surface area contributed by atoms with Gasteiger partial charge in [-0.1, -0.05) is 13.8 Å². The average molecular weight is 319 g/mol. The third-order valence-corrected chi connectivity index (χ3v) is 4.41. The molecule has 1 rings (SSSR count). The van der Waals surface area contributed by atoms with Crippen molar-refractivity contribution in [2.45, 2.75) is 32.9 Å². The molecule has 1 aromatic rings. The number of thiophene rings is 1. The highest BCUT2D eigenvalue weighted by Crippen LogP contribution is 2.21. The first-order valence-corrected chi connectivity index (χ1v) is 7.71. The molecule has 0 bridgehead atoms. The van der Waals surface area contributed by atoms with Gasteiger partial charge in [0.25, 0.3) is 0 Å². The molecule has 0 aromatic carbocycles. The first-order valence-electron chi connectivity index (χ1n) is 6.10. The molecule has 0 radical (unpaired) electrons. The first-order chi connectivity index (χ1) is 7.99. The predicted octanol–water partition coefficient (Wildman–Crippen LogP) is 3.58. The quantitative estimate of drug-likeness (QED) is 0.826. The minimum Gasteiger partial charge on any atom is -0.310 e. The fraction of sp³-hybridized carbons (Fsp3) is 0.692. The number of hydrogen-bond donors (Lipinski definition) is 1. The van der Waals surface area contributed by atoms with Crippen LogP contribution in [0.3, 0.4) is 0 Å². The minimum atomic E-state index is 0.624. The predicted molar refractivity (Wildman–Crippen MR) is 80.7 cm³/mol. The van der Waals surface area contributed by atoms with Crippen LogP contribution in [0, 0.1) is 5.92 Å². The molecule has 98 valence electrons. The lowest BCUT2D eigenvalue weighted by Gasteiger charge is -2.26. The van der Waals surface area contributed by atoms with Crippen LogP contribution in [-0.2, 0) is 6.54 Å². The van der Waals surface area contributed by atoms with Gasteiger partial charge >= 0.3 is 0 Å². The van der Waals surface area contributed by atoms with E-state index in [9.17, 15) is 0 Å². The molecule has 1 atom stereocenters. The van der Waals surface area contributed by atoms with Crippen molar-refractivity contribution >= 4 is 27.3 Å². The molecule has 1 aromatic heterocycles. The second-order valence-corrected chi connectivity index (χ2v) is 7.63. The van der Waals surface area contributed by atoms with E-state index in [1.165, 1.54) is 15.1 Å². The summed E-state index contributed by atoms with van der Waals surface area (Å²) in [5.74, 6) is 0.750. The van der Waals surface area contributed by atoms with Crippen LogP contribution in [0.5, 0.6) is 0 Å². The van der Waals surface area contributed by atoms with Crippen LogP contribution in [0.2, 0.25) is 0 Å². The van der Waals surface area contributed by atoms with E-state index in [-0.39, 0.29) is 0 Å². The van der Waals surface area contributed by atoms with Gasteiger partial charge in [-0.05, 0) is 54.5 Å². The normalized spacial score (nSPS) is 13.6. The summed E-state index contributed by atoms with van der Waals surface area (Å²) >= 11 is 5.29. The van der Waals surface area contributed by atoms with Crippen LogP contribution < -0.4 is 5.32 Å². The number of hydrogen-bond acceptors (Lipinski definition) is 3. The summed E-state index contributed by atoms with van der Waals surface area (Å²) in [6, 6.07) is 4.91. The number of nitrogens with zero attached hydrogens (tertiary/aromatic N) is 1. The van der Waals surface area contributed by atoms with Gasteiger partial charge in [-0.3, -0.25) is 0 Å². The van der Waals surface area contributed by atoms with Gasteiger partial charge in [0.15, 0.2) is 0 Å². The number of likely N-dealkylation sites (N-methyl/N-ethyl adjacent to an activating group) is 1. The summed E-state index contributed by atoms with van der Waals surface area (Å²) in [5.41, 5.74) is 0. The number of halogens is 1. The number of nitrogens with one attached hydrogen (secondary N) is 1. The Balaban J connectivity index is 2.31. The van der Waals surface area contributed by atoms with Crippen LogP contribution in [0.4, 0.5) is 0 Å². The van der Waals surface area contributed by atoms with Crippen molar-refractivity contribution in [3.63, 3.8) is 0 Å². The Morgan fingerprint density at radius 3 is 2.53 bits per heavy atom. The molecule has 0 aliphatic carbocycles. The van der Waals surface area contributed by atoms with Crippen molar-refractivity contribution in [1.82, 2.24) is 10.2 Å². The molecule has 0 fully saturated rings. The maximum atomic E-state index is 3.55. The molecular formula is C13H23BrN2S. The highest BCUT2D eigenvalue weighted by molar-refractivity contribution is 9.11. The van der Waals surface area contributed by atoms with Crippen LogP contribution >= 0.6 is 27.3 Å². The molecule has 0 saturated carbocycles.